The molecule has 0 radical (unpaired) electrons. The number of hydrogen-bond acceptors (Lipinski definition) is 5. The fourth-order valence-corrected chi connectivity index (χ4v) is 2.05. The zero-order valence-corrected chi connectivity index (χ0v) is 12.7. The Hall–Kier alpha value is -3.02. The lowest BCUT2D eigenvalue weighted by Gasteiger charge is -2.12. The maximum absolute atomic E-state index is 12.2. The van der Waals surface area contributed by atoms with Gasteiger partial charge in [0.2, 0.25) is 5.78 Å². The Morgan fingerprint density at radius 3 is 2.35 bits per heavy atom. The molecule has 0 fully saturated rings. The van der Waals surface area contributed by atoms with E-state index >= 15 is 0 Å². The lowest BCUT2D eigenvalue weighted by molar-refractivity contribution is -0.385. The van der Waals surface area contributed by atoms with E-state index < -0.39 is 17.0 Å². The van der Waals surface area contributed by atoms with Crippen LogP contribution in [0.2, 0.25) is 0 Å². The number of ketones is 1. The smallest absolute Gasteiger partial charge is 0.339 e. The molecule has 0 saturated heterocycles. The van der Waals surface area contributed by atoms with Gasteiger partial charge in [-0.25, -0.2) is 4.79 Å². The number of nitro benzene ring substituents is 1. The second-order valence-electron chi connectivity index (χ2n) is 5.04. The first-order valence-corrected chi connectivity index (χ1v) is 6.95. The molecule has 118 valence electrons. The molecule has 23 heavy (non-hydrogen) atoms. The summed E-state index contributed by atoms with van der Waals surface area (Å²) in [5, 5.41) is 10.9. The second-order valence-corrected chi connectivity index (χ2v) is 5.04. The summed E-state index contributed by atoms with van der Waals surface area (Å²) >= 11 is 0. The van der Waals surface area contributed by atoms with Crippen LogP contribution in [0.5, 0.6) is 0 Å². The Labute approximate surface area is 132 Å². The number of ether oxygens (including phenoxy) is 1. The summed E-state index contributed by atoms with van der Waals surface area (Å²) in [6.07, 6.45) is -0.981. The standard InChI is InChI=1S/C17H15NO5/c1-11-8-9-14(10-15(11)18(21)22)17(20)23-12(2)16(19)13-6-4-3-5-7-13/h3-10,12H,1-2H3. The monoisotopic (exact) mass is 313 g/mol. The van der Waals surface area contributed by atoms with Crippen LogP contribution in [0.1, 0.15) is 33.2 Å². The predicted octanol–water partition coefficient (Wildman–Crippen LogP) is 3.33. The third kappa shape index (κ3) is 3.79. The molecule has 0 N–H and O–H groups in total. The number of nitrogens with zero attached hydrogens (tertiary/aromatic N) is 1. The zero-order valence-electron chi connectivity index (χ0n) is 12.7. The molecular formula is C17H15NO5. The highest BCUT2D eigenvalue weighted by Crippen LogP contribution is 2.20. The average molecular weight is 313 g/mol. The van der Waals surface area contributed by atoms with Crippen molar-refractivity contribution in [1.29, 1.82) is 0 Å². The molecule has 2 aromatic carbocycles. The SMILES string of the molecule is Cc1ccc(C(=O)OC(C)C(=O)c2ccccc2)cc1[N+](=O)[O-]. The lowest BCUT2D eigenvalue weighted by atomic mass is 10.1. The van der Waals surface area contributed by atoms with Crippen molar-refractivity contribution in [2.45, 2.75) is 20.0 Å². The van der Waals surface area contributed by atoms with Gasteiger partial charge in [-0.05, 0) is 19.9 Å². The van der Waals surface area contributed by atoms with Crippen LogP contribution in [-0.2, 0) is 4.74 Å². The van der Waals surface area contributed by atoms with Gasteiger partial charge in [0, 0.05) is 17.2 Å². The lowest BCUT2D eigenvalue weighted by Crippen LogP contribution is -2.24. The molecule has 0 saturated carbocycles. The Kier molecular flexibility index (Phi) is 4.85. The zero-order chi connectivity index (χ0) is 17.0. The van der Waals surface area contributed by atoms with Crippen molar-refractivity contribution < 1.29 is 19.2 Å². The fourth-order valence-electron chi connectivity index (χ4n) is 2.05. The minimum atomic E-state index is -0.981. The van der Waals surface area contributed by atoms with Gasteiger partial charge in [-0.2, -0.15) is 0 Å². The van der Waals surface area contributed by atoms with Crippen LogP contribution in [0.25, 0.3) is 0 Å². The second kappa shape index (κ2) is 6.83. The number of esters is 1. The molecule has 0 spiro atoms. The van der Waals surface area contributed by atoms with E-state index in [1.54, 1.807) is 37.3 Å². The van der Waals surface area contributed by atoms with Crippen LogP contribution in [0.3, 0.4) is 0 Å². The van der Waals surface area contributed by atoms with Gasteiger partial charge in [-0.3, -0.25) is 14.9 Å². The topological polar surface area (TPSA) is 86.5 Å². The van der Waals surface area contributed by atoms with Crippen molar-refractivity contribution in [3.8, 4) is 0 Å². The highest BCUT2D eigenvalue weighted by Gasteiger charge is 2.22. The number of aryl methyl sites for hydroxylation is 1. The van der Waals surface area contributed by atoms with E-state index in [0.29, 0.717) is 11.1 Å². The van der Waals surface area contributed by atoms with Crippen molar-refractivity contribution in [1.82, 2.24) is 0 Å². The van der Waals surface area contributed by atoms with Crippen LogP contribution >= 0.6 is 0 Å². The van der Waals surface area contributed by atoms with Crippen LogP contribution in [0.4, 0.5) is 5.69 Å². The van der Waals surface area contributed by atoms with Gasteiger partial charge < -0.3 is 4.74 Å². The van der Waals surface area contributed by atoms with E-state index in [0.717, 1.165) is 6.07 Å². The van der Waals surface area contributed by atoms with Gasteiger partial charge >= 0.3 is 5.97 Å². The molecule has 0 heterocycles. The first-order valence-electron chi connectivity index (χ1n) is 6.95. The van der Waals surface area contributed by atoms with Gasteiger partial charge in [-0.1, -0.05) is 36.4 Å². The molecule has 0 amide bonds. The van der Waals surface area contributed by atoms with Crippen molar-refractivity contribution in [2.24, 2.45) is 0 Å². The highest BCUT2D eigenvalue weighted by atomic mass is 16.6. The Morgan fingerprint density at radius 2 is 1.74 bits per heavy atom. The molecule has 1 atom stereocenters. The normalized spacial score (nSPS) is 11.6. The largest absolute Gasteiger partial charge is 0.451 e. The van der Waals surface area contributed by atoms with E-state index in [4.69, 9.17) is 4.74 Å². The van der Waals surface area contributed by atoms with Gasteiger partial charge in [0.05, 0.1) is 10.5 Å². The third-order valence-electron chi connectivity index (χ3n) is 3.35. The Morgan fingerprint density at radius 1 is 1.09 bits per heavy atom. The predicted molar refractivity (Wildman–Crippen MR) is 83.5 cm³/mol. The summed E-state index contributed by atoms with van der Waals surface area (Å²) in [6.45, 7) is 3.05. The first kappa shape index (κ1) is 16.4. The van der Waals surface area contributed by atoms with Crippen molar-refractivity contribution in [3.05, 3.63) is 75.3 Å². The fraction of sp³-hybridized carbons (Fsp3) is 0.176. The minimum Gasteiger partial charge on any atom is -0.451 e. The number of hydrogen-bond donors (Lipinski definition) is 0. The van der Waals surface area contributed by atoms with Crippen LogP contribution in [-0.4, -0.2) is 22.8 Å². The molecule has 2 aromatic rings. The van der Waals surface area contributed by atoms with Crippen LogP contribution in [0, 0.1) is 17.0 Å². The summed E-state index contributed by atoms with van der Waals surface area (Å²) in [6, 6.07) is 12.5. The highest BCUT2D eigenvalue weighted by molar-refractivity contribution is 6.01. The summed E-state index contributed by atoms with van der Waals surface area (Å²) in [7, 11) is 0. The van der Waals surface area contributed by atoms with Crippen molar-refractivity contribution in [3.63, 3.8) is 0 Å². The number of benzene rings is 2. The molecule has 6 heteroatoms. The maximum Gasteiger partial charge on any atom is 0.339 e. The number of carbonyl (C=O) groups excluding carboxylic acids is 2. The van der Waals surface area contributed by atoms with E-state index in [-0.39, 0.29) is 17.0 Å². The summed E-state index contributed by atoms with van der Waals surface area (Å²) in [5.74, 6) is -1.11. The Bertz CT molecular complexity index is 755. The molecule has 0 aliphatic heterocycles. The van der Waals surface area contributed by atoms with Gasteiger partial charge in [0.15, 0.2) is 6.10 Å². The van der Waals surface area contributed by atoms with Gasteiger partial charge in [0.1, 0.15) is 0 Å². The van der Waals surface area contributed by atoms with Crippen LogP contribution in [0.15, 0.2) is 48.5 Å². The first-order chi connectivity index (χ1) is 10.9. The molecule has 2 rings (SSSR count). The molecule has 6 nitrogen and oxygen atoms in total. The summed E-state index contributed by atoms with van der Waals surface area (Å²) < 4.78 is 5.12. The van der Waals surface area contributed by atoms with E-state index in [1.165, 1.54) is 19.1 Å². The number of rotatable bonds is 5. The maximum atomic E-state index is 12.2. The molecule has 0 aliphatic carbocycles. The van der Waals surface area contributed by atoms with Crippen LogP contribution < -0.4 is 0 Å². The van der Waals surface area contributed by atoms with E-state index in [9.17, 15) is 19.7 Å². The minimum absolute atomic E-state index is 0.0370. The third-order valence-corrected chi connectivity index (χ3v) is 3.35. The summed E-state index contributed by atoms with van der Waals surface area (Å²) in [5.41, 5.74) is 0.749. The molecule has 0 aliphatic rings. The Balaban J connectivity index is 2.14. The molecule has 0 aromatic heterocycles. The summed E-state index contributed by atoms with van der Waals surface area (Å²) in [4.78, 5) is 34.6. The molecule has 0 bridgehead atoms. The van der Waals surface area contributed by atoms with Crippen molar-refractivity contribution >= 4 is 17.4 Å². The van der Waals surface area contributed by atoms with Crippen molar-refractivity contribution in [2.75, 3.05) is 0 Å². The molecule has 1 unspecified atom stereocenters. The number of carbonyl (C=O) groups is 2. The quantitative estimate of drug-likeness (QED) is 0.366. The molecular weight excluding hydrogens is 298 g/mol. The number of nitro groups is 1. The number of Topliss-reactive ketones (excluding diaryl/α,β-unsaturated/α-hetero) is 1. The average Bonchev–Trinajstić information content (AvgIpc) is 2.54. The van der Waals surface area contributed by atoms with E-state index in [2.05, 4.69) is 0 Å². The van der Waals surface area contributed by atoms with E-state index in [1.807, 2.05) is 0 Å². The van der Waals surface area contributed by atoms with Gasteiger partial charge in [-0.15, -0.1) is 0 Å². The van der Waals surface area contributed by atoms with Gasteiger partial charge in [0.25, 0.3) is 5.69 Å².